The molecule has 0 bridgehead atoms. The van der Waals surface area contributed by atoms with Gasteiger partial charge in [0.05, 0.1) is 23.5 Å². The van der Waals surface area contributed by atoms with Gasteiger partial charge in [0.15, 0.2) is 8.32 Å². The molecule has 0 unspecified atom stereocenters. The minimum absolute atomic E-state index is 0.0214. The SMILES string of the molecule is CC(C)(C)[Si](C)(C)O[C@H](c1ccccc1)[C@H]1CC[C@@H](Cc2ccc(N)c(N)c2)N1C(=O)O. The predicted octanol–water partition coefficient (Wildman–Crippen LogP) is 5.67. The van der Waals surface area contributed by atoms with Gasteiger partial charge in [-0.15, -0.1) is 0 Å². The fourth-order valence-corrected chi connectivity index (χ4v) is 5.52. The Labute approximate surface area is 192 Å². The quantitative estimate of drug-likeness (QED) is 0.385. The highest BCUT2D eigenvalue weighted by Crippen LogP contribution is 2.44. The Kier molecular flexibility index (Phi) is 6.90. The molecule has 0 radical (unpaired) electrons. The molecule has 2 aromatic rings. The molecule has 174 valence electrons. The number of rotatable bonds is 6. The molecule has 7 heteroatoms. The van der Waals surface area contributed by atoms with Crippen LogP contribution in [0.15, 0.2) is 48.5 Å². The summed E-state index contributed by atoms with van der Waals surface area (Å²) in [6.45, 7) is 11.1. The predicted molar refractivity (Wildman–Crippen MR) is 133 cm³/mol. The van der Waals surface area contributed by atoms with E-state index in [4.69, 9.17) is 15.9 Å². The summed E-state index contributed by atoms with van der Waals surface area (Å²) in [6.07, 6.45) is 0.950. The Bertz CT molecular complexity index is 943. The van der Waals surface area contributed by atoms with Crippen molar-refractivity contribution in [3.8, 4) is 0 Å². The zero-order valence-electron chi connectivity index (χ0n) is 19.8. The maximum absolute atomic E-state index is 12.5. The lowest BCUT2D eigenvalue weighted by atomic mass is 10.0. The molecule has 0 spiro atoms. The molecular weight excluding hydrogens is 418 g/mol. The zero-order chi connectivity index (χ0) is 23.7. The number of anilines is 2. The number of likely N-dealkylation sites (tertiary alicyclic amines) is 1. The minimum atomic E-state index is -2.14. The van der Waals surface area contributed by atoms with Crippen LogP contribution in [-0.4, -0.2) is 36.5 Å². The highest BCUT2D eigenvalue weighted by atomic mass is 28.4. The van der Waals surface area contributed by atoms with Crippen molar-refractivity contribution in [1.29, 1.82) is 0 Å². The number of carboxylic acid groups (broad SMARTS) is 1. The first-order valence-electron chi connectivity index (χ1n) is 11.3. The van der Waals surface area contributed by atoms with E-state index >= 15 is 0 Å². The molecule has 32 heavy (non-hydrogen) atoms. The topological polar surface area (TPSA) is 102 Å². The van der Waals surface area contributed by atoms with Crippen LogP contribution in [0.5, 0.6) is 0 Å². The van der Waals surface area contributed by atoms with E-state index in [1.54, 1.807) is 11.0 Å². The van der Waals surface area contributed by atoms with E-state index in [9.17, 15) is 9.90 Å². The average molecular weight is 456 g/mol. The molecule has 0 aliphatic carbocycles. The third kappa shape index (κ3) is 5.10. The Morgan fingerprint density at radius 2 is 1.78 bits per heavy atom. The summed E-state index contributed by atoms with van der Waals surface area (Å²) in [5.41, 5.74) is 14.9. The summed E-state index contributed by atoms with van der Waals surface area (Å²) in [5.74, 6) is 0. The number of nitrogens with zero attached hydrogens (tertiary/aromatic N) is 1. The van der Waals surface area contributed by atoms with E-state index in [0.717, 1.165) is 24.0 Å². The summed E-state index contributed by atoms with van der Waals surface area (Å²) >= 11 is 0. The molecule has 1 fully saturated rings. The Hall–Kier alpha value is -2.51. The molecule has 0 aromatic heterocycles. The van der Waals surface area contributed by atoms with Crippen LogP contribution in [0.4, 0.5) is 16.2 Å². The minimum Gasteiger partial charge on any atom is -0.465 e. The van der Waals surface area contributed by atoms with Gasteiger partial charge in [-0.25, -0.2) is 4.79 Å². The second kappa shape index (κ2) is 9.15. The highest BCUT2D eigenvalue weighted by Gasteiger charge is 2.46. The molecule has 3 rings (SSSR count). The van der Waals surface area contributed by atoms with Crippen molar-refractivity contribution in [2.75, 3.05) is 11.5 Å². The van der Waals surface area contributed by atoms with Crippen molar-refractivity contribution in [3.63, 3.8) is 0 Å². The lowest BCUT2D eigenvalue weighted by molar-refractivity contribution is 0.0598. The second-order valence-corrected chi connectivity index (χ2v) is 15.1. The highest BCUT2D eigenvalue weighted by molar-refractivity contribution is 6.74. The molecule has 1 heterocycles. The summed E-state index contributed by atoms with van der Waals surface area (Å²) in [7, 11) is -2.14. The summed E-state index contributed by atoms with van der Waals surface area (Å²) in [4.78, 5) is 14.1. The van der Waals surface area contributed by atoms with E-state index in [0.29, 0.717) is 17.8 Å². The van der Waals surface area contributed by atoms with Crippen LogP contribution in [0.25, 0.3) is 0 Å². The number of amides is 1. The van der Waals surface area contributed by atoms with Gasteiger partial charge in [-0.2, -0.15) is 0 Å². The van der Waals surface area contributed by atoms with Crippen LogP contribution in [0, 0.1) is 0 Å². The number of hydrogen-bond donors (Lipinski definition) is 3. The van der Waals surface area contributed by atoms with Gasteiger partial charge in [0, 0.05) is 6.04 Å². The molecule has 3 atom stereocenters. The van der Waals surface area contributed by atoms with E-state index in [1.165, 1.54) is 0 Å². The van der Waals surface area contributed by atoms with Gasteiger partial charge >= 0.3 is 6.09 Å². The first-order valence-corrected chi connectivity index (χ1v) is 14.2. The first kappa shape index (κ1) is 24.1. The standard InChI is InChI=1S/C25H37N3O3Si/c1-25(2,3)32(4,5)31-23(18-9-7-6-8-10-18)22-14-12-19(28(22)24(29)30)15-17-11-13-20(26)21(27)16-17/h6-11,13,16,19,22-23H,12,14-15,26-27H2,1-5H3,(H,29,30)/t19-,22+,23+/m0/s1. The van der Waals surface area contributed by atoms with Crippen LogP contribution >= 0.6 is 0 Å². The smallest absolute Gasteiger partial charge is 0.407 e. The molecule has 0 saturated carbocycles. The first-order chi connectivity index (χ1) is 14.9. The molecule has 5 N–H and O–H groups in total. The normalized spacial score (nSPS) is 20.3. The van der Waals surface area contributed by atoms with Crippen molar-refractivity contribution in [2.24, 2.45) is 0 Å². The summed E-state index contributed by atoms with van der Waals surface area (Å²) in [6, 6.07) is 15.3. The van der Waals surface area contributed by atoms with E-state index < -0.39 is 14.4 Å². The number of hydrogen-bond acceptors (Lipinski definition) is 4. The van der Waals surface area contributed by atoms with Crippen LogP contribution in [0.3, 0.4) is 0 Å². The van der Waals surface area contributed by atoms with E-state index in [2.05, 4.69) is 33.9 Å². The fourth-order valence-electron chi connectivity index (χ4n) is 4.24. The summed E-state index contributed by atoms with van der Waals surface area (Å²) in [5, 5.41) is 10.2. The van der Waals surface area contributed by atoms with Crippen molar-refractivity contribution >= 4 is 25.8 Å². The van der Waals surface area contributed by atoms with Gasteiger partial charge in [0.25, 0.3) is 0 Å². The molecule has 1 saturated heterocycles. The van der Waals surface area contributed by atoms with Crippen molar-refractivity contribution < 1.29 is 14.3 Å². The van der Waals surface area contributed by atoms with Crippen LogP contribution in [0.2, 0.25) is 18.1 Å². The van der Waals surface area contributed by atoms with E-state index in [1.807, 2.05) is 42.5 Å². The van der Waals surface area contributed by atoms with Crippen molar-refractivity contribution in [1.82, 2.24) is 4.90 Å². The molecular formula is C25H37N3O3Si. The maximum Gasteiger partial charge on any atom is 0.407 e. The van der Waals surface area contributed by atoms with Gasteiger partial charge in [-0.05, 0) is 60.7 Å². The van der Waals surface area contributed by atoms with Crippen molar-refractivity contribution in [3.05, 3.63) is 59.7 Å². The molecule has 1 amide bonds. The second-order valence-electron chi connectivity index (χ2n) is 10.4. The molecule has 1 aliphatic heterocycles. The Morgan fingerprint density at radius 1 is 1.12 bits per heavy atom. The van der Waals surface area contributed by atoms with Crippen LogP contribution in [-0.2, 0) is 10.8 Å². The van der Waals surface area contributed by atoms with E-state index in [-0.39, 0.29) is 23.2 Å². The monoisotopic (exact) mass is 455 g/mol. The Balaban J connectivity index is 1.93. The number of nitrogen functional groups attached to an aromatic ring is 2. The third-order valence-electron chi connectivity index (χ3n) is 7.10. The molecule has 2 aromatic carbocycles. The van der Waals surface area contributed by atoms with Gasteiger partial charge in [-0.1, -0.05) is 57.2 Å². The third-order valence-corrected chi connectivity index (χ3v) is 11.6. The van der Waals surface area contributed by atoms with Gasteiger partial charge in [-0.3, -0.25) is 4.90 Å². The number of carbonyl (C=O) groups is 1. The fraction of sp³-hybridized carbons (Fsp3) is 0.480. The van der Waals surface area contributed by atoms with Gasteiger partial charge in [0.1, 0.15) is 0 Å². The molecule has 1 aliphatic rings. The average Bonchev–Trinajstić information content (AvgIpc) is 3.12. The number of nitrogens with two attached hydrogens (primary N) is 2. The molecule has 6 nitrogen and oxygen atoms in total. The van der Waals surface area contributed by atoms with Gasteiger partial charge < -0.3 is 21.0 Å². The van der Waals surface area contributed by atoms with Crippen LogP contribution in [0.1, 0.15) is 50.8 Å². The van der Waals surface area contributed by atoms with Crippen LogP contribution < -0.4 is 11.5 Å². The lowest BCUT2D eigenvalue weighted by Gasteiger charge is -2.42. The summed E-state index contributed by atoms with van der Waals surface area (Å²) < 4.78 is 6.88. The lowest BCUT2D eigenvalue weighted by Crippen LogP contribution is -2.49. The largest absolute Gasteiger partial charge is 0.465 e. The maximum atomic E-state index is 12.5. The zero-order valence-corrected chi connectivity index (χ0v) is 20.8. The Morgan fingerprint density at radius 3 is 2.34 bits per heavy atom. The van der Waals surface area contributed by atoms with Gasteiger partial charge in [0.2, 0.25) is 0 Å². The van der Waals surface area contributed by atoms with Crippen molar-refractivity contribution in [2.45, 2.75) is 76.4 Å². The number of benzene rings is 2.